The van der Waals surface area contributed by atoms with Gasteiger partial charge in [0, 0.05) is 24.3 Å². The molecule has 0 unspecified atom stereocenters. The predicted octanol–water partition coefficient (Wildman–Crippen LogP) is 2.04. The third-order valence-electron chi connectivity index (χ3n) is 3.08. The molecule has 2 rings (SSSR count). The second-order valence-corrected chi connectivity index (χ2v) is 5.89. The van der Waals surface area contributed by atoms with Gasteiger partial charge < -0.3 is 14.2 Å². The zero-order valence-electron chi connectivity index (χ0n) is 10.4. The Morgan fingerprint density at radius 3 is 2.76 bits per heavy atom. The Hall–Kier alpha value is -0.810. The third-order valence-corrected chi connectivity index (χ3v) is 3.51. The lowest BCUT2D eigenvalue weighted by Gasteiger charge is -2.42. The lowest BCUT2D eigenvalue weighted by molar-refractivity contribution is -0.0374. The minimum absolute atomic E-state index is 0.0616. The average Bonchev–Trinajstić information content (AvgIpc) is 2.56. The van der Waals surface area contributed by atoms with Crippen molar-refractivity contribution in [3.63, 3.8) is 0 Å². The smallest absolute Gasteiger partial charge is 0.271 e. The number of nitrogens with zero attached hydrogens (tertiary/aromatic N) is 2. The minimum Gasteiger partial charge on any atom is -0.377 e. The van der Waals surface area contributed by atoms with E-state index in [1.54, 1.807) is 0 Å². The van der Waals surface area contributed by atoms with Gasteiger partial charge in [-0.15, -0.1) is 0 Å². The van der Waals surface area contributed by atoms with Gasteiger partial charge in [0.05, 0.1) is 18.8 Å². The zero-order valence-corrected chi connectivity index (χ0v) is 12.0. The van der Waals surface area contributed by atoms with Crippen molar-refractivity contribution < 1.29 is 9.53 Å². The molecule has 94 valence electrons. The molecular weight excluding hydrogens is 284 g/mol. The molecule has 1 saturated heterocycles. The van der Waals surface area contributed by atoms with Crippen LogP contribution in [0.4, 0.5) is 0 Å². The molecule has 0 aliphatic carbocycles. The van der Waals surface area contributed by atoms with Crippen molar-refractivity contribution in [1.82, 2.24) is 9.47 Å². The molecule has 4 nitrogen and oxygen atoms in total. The van der Waals surface area contributed by atoms with Crippen molar-refractivity contribution in [2.75, 3.05) is 19.8 Å². The van der Waals surface area contributed by atoms with E-state index in [9.17, 15) is 4.79 Å². The normalized spacial score (nSPS) is 19.4. The van der Waals surface area contributed by atoms with Gasteiger partial charge in [-0.1, -0.05) is 0 Å². The fourth-order valence-electron chi connectivity index (χ4n) is 2.11. The van der Waals surface area contributed by atoms with Gasteiger partial charge in [0.1, 0.15) is 5.69 Å². The maximum absolute atomic E-state index is 12.5. The highest BCUT2D eigenvalue weighted by atomic mass is 79.9. The molecule has 0 saturated carbocycles. The monoisotopic (exact) mass is 300 g/mol. The molecule has 2 heterocycles. The molecule has 1 aliphatic rings. The highest BCUT2D eigenvalue weighted by Crippen LogP contribution is 2.23. The van der Waals surface area contributed by atoms with Crippen LogP contribution in [-0.4, -0.2) is 40.7 Å². The van der Waals surface area contributed by atoms with Crippen LogP contribution in [0.15, 0.2) is 16.7 Å². The summed E-state index contributed by atoms with van der Waals surface area (Å²) in [6.07, 6.45) is 1.89. The van der Waals surface area contributed by atoms with E-state index in [4.69, 9.17) is 4.74 Å². The lowest BCUT2D eigenvalue weighted by atomic mass is 10.0. The molecule has 1 amide bonds. The van der Waals surface area contributed by atoms with E-state index >= 15 is 0 Å². The van der Waals surface area contributed by atoms with Crippen LogP contribution < -0.4 is 0 Å². The fraction of sp³-hybridized carbons (Fsp3) is 0.583. The predicted molar refractivity (Wildman–Crippen MR) is 69.0 cm³/mol. The summed E-state index contributed by atoms with van der Waals surface area (Å²) in [6.45, 7) is 5.91. The van der Waals surface area contributed by atoms with Crippen LogP contribution in [0.5, 0.6) is 0 Å². The van der Waals surface area contributed by atoms with Crippen LogP contribution in [0.3, 0.4) is 0 Å². The molecule has 0 aromatic carbocycles. The maximum atomic E-state index is 12.5. The SMILES string of the molecule is Cn1cc(Br)cc1C(=O)N1CCOCC1(C)C. The summed E-state index contributed by atoms with van der Waals surface area (Å²) in [4.78, 5) is 14.4. The molecule has 0 bridgehead atoms. The molecule has 1 aromatic rings. The van der Waals surface area contributed by atoms with E-state index in [1.165, 1.54) is 0 Å². The number of carbonyl (C=O) groups is 1. The molecule has 0 N–H and O–H groups in total. The Morgan fingerprint density at radius 2 is 2.24 bits per heavy atom. The highest BCUT2D eigenvalue weighted by molar-refractivity contribution is 9.10. The number of hydrogen-bond acceptors (Lipinski definition) is 2. The quantitative estimate of drug-likeness (QED) is 0.795. The standard InChI is InChI=1S/C12H17BrN2O2/c1-12(2)8-17-5-4-15(12)11(16)10-6-9(13)7-14(10)3/h6-7H,4-5,8H2,1-3H3. The second-order valence-electron chi connectivity index (χ2n) is 4.98. The first-order chi connectivity index (χ1) is 7.92. The van der Waals surface area contributed by atoms with Crippen LogP contribution in [0, 0.1) is 0 Å². The molecular formula is C12H17BrN2O2. The van der Waals surface area contributed by atoms with E-state index in [0.717, 1.165) is 4.47 Å². The van der Waals surface area contributed by atoms with Crippen molar-refractivity contribution in [2.24, 2.45) is 7.05 Å². The lowest BCUT2D eigenvalue weighted by Crippen LogP contribution is -2.55. The van der Waals surface area contributed by atoms with Crippen LogP contribution in [0.2, 0.25) is 0 Å². The van der Waals surface area contributed by atoms with E-state index in [2.05, 4.69) is 15.9 Å². The van der Waals surface area contributed by atoms with Crippen LogP contribution >= 0.6 is 15.9 Å². The number of hydrogen-bond donors (Lipinski definition) is 0. The average molecular weight is 301 g/mol. The third kappa shape index (κ3) is 2.40. The summed E-state index contributed by atoms with van der Waals surface area (Å²) in [5, 5.41) is 0. The van der Waals surface area contributed by atoms with Crippen molar-refractivity contribution in [3.05, 3.63) is 22.4 Å². The number of aryl methyl sites for hydroxylation is 1. The largest absolute Gasteiger partial charge is 0.377 e. The van der Waals surface area contributed by atoms with E-state index < -0.39 is 0 Å². The van der Waals surface area contributed by atoms with Crippen molar-refractivity contribution in [2.45, 2.75) is 19.4 Å². The molecule has 1 aromatic heterocycles. The zero-order chi connectivity index (χ0) is 12.6. The Balaban J connectivity index is 2.28. The van der Waals surface area contributed by atoms with Gasteiger partial charge in [-0.25, -0.2) is 0 Å². The number of amides is 1. The second kappa shape index (κ2) is 4.46. The summed E-state index contributed by atoms with van der Waals surface area (Å²) in [5.74, 6) is 0.0616. The first-order valence-corrected chi connectivity index (χ1v) is 6.43. The molecule has 1 fully saturated rings. The first-order valence-electron chi connectivity index (χ1n) is 5.63. The van der Waals surface area contributed by atoms with Crippen molar-refractivity contribution >= 4 is 21.8 Å². The van der Waals surface area contributed by atoms with Gasteiger partial charge in [-0.05, 0) is 35.8 Å². The van der Waals surface area contributed by atoms with E-state index in [0.29, 0.717) is 25.5 Å². The summed E-state index contributed by atoms with van der Waals surface area (Å²) >= 11 is 3.39. The topological polar surface area (TPSA) is 34.5 Å². The maximum Gasteiger partial charge on any atom is 0.271 e. The first kappa shape index (κ1) is 12.6. The van der Waals surface area contributed by atoms with Gasteiger partial charge in [-0.3, -0.25) is 4.79 Å². The Labute approximate surface area is 110 Å². The van der Waals surface area contributed by atoms with E-state index in [1.807, 2.05) is 42.6 Å². The molecule has 0 atom stereocenters. The van der Waals surface area contributed by atoms with Gasteiger partial charge in [0.25, 0.3) is 5.91 Å². The number of ether oxygens (including phenoxy) is 1. The fourth-order valence-corrected chi connectivity index (χ4v) is 2.63. The highest BCUT2D eigenvalue weighted by Gasteiger charge is 2.35. The number of aromatic nitrogens is 1. The summed E-state index contributed by atoms with van der Waals surface area (Å²) < 4.78 is 8.20. The summed E-state index contributed by atoms with van der Waals surface area (Å²) in [7, 11) is 1.88. The molecule has 1 aliphatic heterocycles. The van der Waals surface area contributed by atoms with Gasteiger partial charge >= 0.3 is 0 Å². The Morgan fingerprint density at radius 1 is 1.53 bits per heavy atom. The molecule has 5 heteroatoms. The van der Waals surface area contributed by atoms with Crippen LogP contribution in [0.1, 0.15) is 24.3 Å². The number of carbonyl (C=O) groups excluding carboxylic acids is 1. The van der Waals surface area contributed by atoms with Gasteiger partial charge in [0.15, 0.2) is 0 Å². The molecule has 0 radical (unpaired) electrons. The van der Waals surface area contributed by atoms with Crippen molar-refractivity contribution in [3.8, 4) is 0 Å². The number of halogens is 1. The van der Waals surface area contributed by atoms with Crippen LogP contribution in [0.25, 0.3) is 0 Å². The summed E-state index contributed by atoms with van der Waals surface area (Å²) in [6, 6.07) is 1.86. The number of rotatable bonds is 1. The Kier molecular flexibility index (Phi) is 3.32. The molecule has 0 spiro atoms. The Bertz CT molecular complexity index is 440. The van der Waals surface area contributed by atoms with Gasteiger partial charge in [-0.2, -0.15) is 0 Å². The summed E-state index contributed by atoms with van der Waals surface area (Å²) in [5.41, 5.74) is 0.457. The van der Waals surface area contributed by atoms with Gasteiger partial charge in [0.2, 0.25) is 0 Å². The van der Waals surface area contributed by atoms with E-state index in [-0.39, 0.29) is 11.4 Å². The minimum atomic E-state index is -0.244. The number of morpholine rings is 1. The molecule has 17 heavy (non-hydrogen) atoms. The van der Waals surface area contributed by atoms with Crippen LogP contribution in [-0.2, 0) is 11.8 Å². The van der Waals surface area contributed by atoms with Crippen molar-refractivity contribution in [1.29, 1.82) is 0 Å².